The van der Waals surface area contributed by atoms with Crippen LogP contribution in [0.3, 0.4) is 0 Å². The summed E-state index contributed by atoms with van der Waals surface area (Å²) in [6, 6.07) is 0.826. The van der Waals surface area contributed by atoms with Gasteiger partial charge in [-0.2, -0.15) is 0 Å². The van der Waals surface area contributed by atoms with E-state index in [0.29, 0.717) is 0 Å². The van der Waals surface area contributed by atoms with Gasteiger partial charge in [0, 0.05) is 6.04 Å². The van der Waals surface area contributed by atoms with Crippen LogP contribution < -0.4 is 5.32 Å². The van der Waals surface area contributed by atoms with E-state index in [-0.39, 0.29) is 0 Å². The summed E-state index contributed by atoms with van der Waals surface area (Å²) in [5.74, 6) is 2.03. The van der Waals surface area contributed by atoms with E-state index in [2.05, 4.69) is 11.9 Å². The van der Waals surface area contributed by atoms with Crippen molar-refractivity contribution in [1.29, 1.82) is 0 Å². The predicted octanol–water partition coefficient (Wildman–Crippen LogP) is 4.68. The molecular formula is C17H31N. The highest BCUT2D eigenvalue weighted by Gasteiger charge is 2.31. The van der Waals surface area contributed by atoms with E-state index in [1.165, 1.54) is 70.8 Å². The zero-order valence-corrected chi connectivity index (χ0v) is 12.0. The summed E-state index contributed by atoms with van der Waals surface area (Å²) in [6.45, 7) is 5.00. The number of nitrogens with one attached hydrogen (secondary N) is 1. The lowest BCUT2D eigenvalue weighted by Crippen LogP contribution is -2.42. The molecule has 0 spiro atoms. The Morgan fingerprint density at radius 1 is 0.944 bits per heavy atom. The van der Waals surface area contributed by atoms with Crippen LogP contribution in [-0.4, -0.2) is 12.6 Å². The Labute approximate surface area is 113 Å². The van der Waals surface area contributed by atoms with Crippen LogP contribution in [0, 0.1) is 11.8 Å². The maximum Gasteiger partial charge on any atom is 0.00979 e. The van der Waals surface area contributed by atoms with Crippen LogP contribution in [0.25, 0.3) is 0 Å². The van der Waals surface area contributed by atoms with Gasteiger partial charge in [-0.25, -0.2) is 0 Å². The second-order valence-electron chi connectivity index (χ2n) is 6.34. The van der Waals surface area contributed by atoms with E-state index in [9.17, 15) is 0 Å². The summed E-state index contributed by atoms with van der Waals surface area (Å²) < 4.78 is 0. The van der Waals surface area contributed by atoms with Gasteiger partial charge in [-0.3, -0.25) is 0 Å². The average Bonchev–Trinajstić information content (AvgIpc) is 2.45. The van der Waals surface area contributed by atoms with E-state index in [0.717, 1.165) is 24.3 Å². The van der Waals surface area contributed by atoms with Crippen molar-refractivity contribution in [2.75, 3.05) is 6.54 Å². The molecule has 0 aromatic carbocycles. The van der Waals surface area contributed by atoms with Crippen molar-refractivity contribution in [1.82, 2.24) is 5.32 Å². The van der Waals surface area contributed by atoms with E-state index in [1.807, 2.05) is 6.08 Å². The highest BCUT2D eigenvalue weighted by atomic mass is 14.9. The van der Waals surface area contributed by atoms with Crippen LogP contribution in [-0.2, 0) is 0 Å². The van der Waals surface area contributed by atoms with Crippen LogP contribution in [0.1, 0.15) is 70.6 Å². The van der Waals surface area contributed by atoms with Gasteiger partial charge in [-0.15, -0.1) is 6.58 Å². The smallest absolute Gasteiger partial charge is 0.00979 e. The average molecular weight is 249 g/mol. The minimum Gasteiger partial charge on any atom is -0.314 e. The van der Waals surface area contributed by atoms with Crippen LogP contribution in [0.15, 0.2) is 12.7 Å². The molecular weight excluding hydrogens is 218 g/mol. The van der Waals surface area contributed by atoms with Crippen molar-refractivity contribution >= 4 is 0 Å². The first-order chi connectivity index (χ1) is 8.92. The highest BCUT2D eigenvalue weighted by molar-refractivity contribution is 4.87. The molecule has 0 radical (unpaired) electrons. The lowest BCUT2D eigenvalue weighted by atomic mass is 9.71. The molecule has 0 bridgehead atoms. The molecule has 0 aliphatic heterocycles. The first kappa shape index (κ1) is 14.1. The monoisotopic (exact) mass is 249 g/mol. The summed E-state index contributed by atoms with van der Waals surface area (Å²) in [7, 11) is 0. The zero-order valence-electron chi connectivity index (χ0n) is 12.0. The van der Waals surface area contributed by atoms with Gasteiger partial charge >= 0.3 is 0 Å². The third-order valence-electron chi connectivity index (χ3n) is 5.07. The maximum atomic E-state index is 3.86. The predicted molar refractivity (Wildman–Crippen MR) is 79.8 cm³/mol. The van der Waals surface area contributed by atoms with Gasteiger partial charge in [-0.1, -0.05) is 51.0 Å². The molecule has 0 aromatic rings. The molecule has 0 saturated heterocycles. The van der Waals surface area contributed by atoms with Crippen molar-refractivity contribution in [3.63, 3.8) is 0 Å². The van der Waals surface area contributed by atoms with Crippen molar-refractivity contribution in [3.8, 4) is 0 Å². The SMILES string of the molecule is C=CCCCNC1CCCCC1C1CCCCC1. The summed E-state index contributed by atoms with van der Waals surface area (Å²) in [4.78, 5) is 0. The molecule has 0 heterocycles. The fourth-order valence-corrected chi connectivity index (χ4v) is 4.07. The van der Waals surface area contributed by atoms with E-state index >= 15 is 0 Å². The number of unbranched alkanes of at least 4 members (excludes halogenated alkanes) is 1. The van der Waals surface area contributed by atoms with Crippen molar-refractivity contribution < 1.29 is 0 Å². The lowest BCUT2D eigenvalue weighted by molar-refractivity contribution is 0.150. The molecule has 1 nitrogen and oxygen atoms in total. The number of hydrogen-bond donors (Lipinski definition) is 1. The quantitative estimate of drug-likeness (QED) is 0.532. The molecule has 2 saturated carbocycles. The van der Waals surface area contributed by atoms with Gasteiger partial charge in [-0.05, 0) is 44.1 Å². The summed E-state index contributed by atoms with van der Waals surface area (Å²) in [5, 5.41) is 3.86. The lowest BCUT2D eigenvalue weighted by Gasteiger charge is -2.39. The van der Waals surface area contributed by atoms with Crippen LogP contribution in [0.5, 0.6) is 0 Å². The van der Waals surface area contributed by atoms with Gasteiger partial charge in [0.15, 0.2) is 0 Å². The molecule has 18 heavy (non-hydrogen) atoms. The van der Waals surface area contributed by atoms with Gasteiger partial charge < -0.3 is 5.32 Å². The number of allylic oxidation sites excluding steroid dienone is 1. The van der Waals surface area contributed by atoms with Gasteiger partial charge in [0.05, 0.1) is 0 Å². The van der Waals surface area contributed by atoms with Crippen LogP contribution >= 0.6 is 0 Å². The third kappa shape index (κ3) is 4.12. The summed E-state index contributed by atoms with van der Waals surface area (Å²) in [6.07, 6.45) is 17.8. The topological polar surface area (TPSA) is 12.0 Å². The molecule has 2 fully saturated rings. The number of rotatable bonds is 6. The van der Waals surface area contributed by atoms with Crippen molar-refractivity contribution in [3.05, 3.63) is 12.7 Å². The zero-order chi connectivity index (χ0) is 12.6. The second kappa shape index (κ2) is 7.99. The minimum absolute atomic E-state index is 0.826. The summed E-state index contributed by atoms with van der Waals surface area (Å²) in [5.41, 5.74) is 0. The van der Waals surface area contributed by atoms with Crippen molar-refractivity contribution in [2.24, 2.45) is 11.8 Å². The first-order valence-corrected chi connectivity index (χ1v) is 8.26. The van der Waals surface area contributed by atoms with Gasteiger partial charge in [0.2, 0.25) is 0 Å². The van der Waals surface area contributed by atoms with E-state index in [4.69, 9.17) is 0 Å². The molecule has 2 aliphatic rings. The molecule has 2 unspecified atom stereocenters. The Kier molecular flexibility index (Phi) is 6.26. The van der Waals surface area contributed by atoms with Gasteiger partial charge in [0.1, 0.15) is 0 Å². The molecule has 1 heteroatoms. The minimum atomic E-state index is 0.826. The van der Waals surface area contributed by atoms with Gasteiger partial charge in [0.25, 0.3) is 0 Å². The number of hydrogen-bond acceptors (Lipinski definition) is 1. The fraction of sp³-hybridized carbons (Fsp3) is 0.882. The largest absolute Gasteiger partial charge is 0.314 e. The second-order valence-corrected chi connectivity index (χ2v) is 6.34. The third-order valence-corrected chi connectivity index (χ3v) is 5.07. The Morgan fingerprint density at radius 3 is 2.44 bits per heavy atom. The standard InChI is InChI=1S/C17H31N/c1-2-3-9-14-18-17-13-8-7-12-16(17)15-10-5-4-6-11-15/h2,15-18H,1,3-14H2. The van der Waals surface area contributed by atoms with Crippen LogP contribution in [0.2, 0.25) is 0 Å². The van der Waals surface area contributed by atoms with Crippen molar-refractivity contribution in [2.45, 2.75) is 76.7 Å². The van der Waals surface area contributed by atoms with E-state index in [1.54, 1.807) is 0 Å². The maximum absolute atomic E-state index is 3.86. The molecule has 104 valence electrons. The highest BCUT2D eigenvalue weighted by Crippen LogP contribution is 2.38. The van der Waals surface area contributed by atoms with E-state index < -0.39 is 0 Å². The fourth-order valence-electron chi connectivity index (χ4n) is 4.07. The molecule has 2 rings (SSSR count). The van der Waals surface area contributed by atoms with Crippen LogP contribution in [0.4, 0.5) is 0 Å². The molecule has 0 aromatic heterocycles. The Morgan fingerprint density at radius 2 is 1.67 bits per heavy atom. The normalized spacial score (nSPS) is 30.2. The first-order valence-electron chi connectivity index (χ1n) is 8.26. The molecule has 0 amide bonds. The Bertz CT molecular complexity index is 230. The Hall–Kier alpha value is -0.300. The molecule has 1 N–H and O–H groups in total. The summed E-state index contributed by atoms with van der Waals surface area (Å²) >= 11 is 0. The Balaban J connectivity index is 1.78. The molecule has 2 aliphatic carbocycles. The molecule has 2 atom stereocenters.